The molecule has 0 aliphatic carbocycles. The molecule has 0 spiro atoms. The van der Waals surface area contributed by atoms with Crippen LogP contribution < -0.4 is 20.3 Å². The van der Waals surface area contributed by atoms with Gasteiger partial charge in [0.25, 0.3) is 23.1 Å². The van der Waals surface area contributed by atoms with Gasteiger partial charge in [0.15, 0.2) is 21.8 Å². The van der Waals surface area contributed by atoms with Crippen molar-refractivity contribution >= 4 is 39.0 Å². The minimum Gasteiger partial charge on any atom is -0.465 e. The van der Waals surface area contributed by atoms with E-state index in [0.29, 0.717) is 0 Å². The molecular weight excluding hydrogens is 508 g/mol. The Bertz CT molecular complexity index is 1340. The molecule has 0 saturated carbocycles. The van der Waals surface area contributed by atoms with E-state index in [9.17, 15) is 32.9 Å². The predicted molar refractivity (Wildman–Crippen MR) is 130 cm³/mol. The number of nitro groups is 1. The zero-order valence-corrected chi connectivity index (χ0v) is 21.3. The van der Waals surface area contributed by atoms with E-state index in [-0.39, 0.29) is 28.6 Å². The Morgan fingerprint density at radius 3 is 2.46 bits per heavy atom. The van der Waals surface area contributed by atoms with Gasteiger partial charge in [0.05, 0.1) is 28.2 Å². The number of sulfone groups is 1. The molecule has 1 unspecified atom stereocenters. The number of hydrogen-bond acceptors (Lipinski definition) is 10. The molecular formula is C23H26N4O9S. The fourth-order valence-corrected chi connectivity index (χ4v) is 4.62. The number of non-ortho nitro benzene ring substituents is 1. The summed E-state index contributed by atoms with van der Waals surface area (Å²) in [5.41, 5.74) is -1.51. The third kappa shape index (κ3) is 5.70. The Labute approximate surface area is 212 Å². The number of likely N-dealkylation sites (N-methyl/N-ethyl adjacent to an activating group) is 1. The number of ether oxygens (including phenoxy) is 2. The van der Waals surface area contributed by atoms with Gasteiger partial charge < -0.3 is 19.7 Å². The van der Waals surface area contributed by atoms with Crippen LogP contribution in [0, 0.1) is 17.0 Å². The number of nitro benzene ring substituents is 1. The van der Waals surface area contributed by atoms with E-state index in [2.05, 4.69) is 10.6 Å². The van der Waals surface area contributed by atoms with Crippen LogP contribution in [0.3, 0.4) is 0 Å². The lowest BCUT2D eigenvalue weighted by Crippen LogP contribution is -2.65. The number of nitrogens with one attached hydrogen (secondary N) is 2. The Morgan fingerprint density at radius 2 is 1.86 bits per heavy atom. The summed E-state index contributed by atoms with van der Waals surface area (Å²) < 4.78 is 36.0. The molecule has 198 valence electrons. The fraction of sp³-hybridized carbons (Fsp3) is 0.348. The third-order valence-corrected chi connectivity index (χ3v) is 7.17. The summed E-state index contributed by atoms with van der Waals surface area (Å²) in [5.74, 6) is -3.75. The molecule has 2 aromatic rings. The summed E-state index contributed by atoms with van der Waals surface area (Å²) >= 11 is 0. The minimum absolute atomic E-state index is 0.00267. The molecule has 0 saturated heterocycles. The van der Waals surface area contributed by atoms with Crippen LogP contribution in [0.2, 0.25) is 0 Å². The maximum Gasteiger partial charge on any atom is 0.343 e. The number of carbonyl (C=O) groups is 3. The lowest BCUT2D eigenvalue weighted by atomic mass is 10.00. The molecule has 2 N–H and O–H groups in total. The average Bonchev–Trinajstić information content (AvgIpc) is 2.85. The number of anilines is 1. The Hall–Kier alpha value is -4.04. The molecule has 13 nitrogen and oxygen atoms in total. The van der Waals surface area contributed by atoms with Crippen molar-refractivity contribution in [2.45, 2.75) is 37.4 Å². The van der Waals surface area contributed by atoms with Gasteiger partial charge in [-0.2, -0.15) is 0 Å². The first-order valence-corrected chi connectivity index (χ1v) is 12.7. The summed E-state index contributed by atoms with van der Waals surface area (Å²) in [4.78, 5) is 50.4. The first kappa shape index (κ1) is 27.5. The number of nitrogens with zero attached hydrogens (tertiary/aromatic N) is 2. The SMILES string of the molecule is CCOC(=O)[C@H](NCS(=O)(=O)c1ccc(C)cc1)NC(=O)C1(C)Oc2cc([N+](=O)[O-])ccc2N(C)C1=O. The second kappa shape index (κ2) is 10.5. The lowest BCUT2D eigenvalue weighted by Gasteiger charge is -2.38. The monoisotopic (exact) mass is 534 g/mol. The lowest BCUT2D eigenvalue weighted by molar-refractivity contribution is -0.385. The molecule has 3 rings (SSSR count). The highest BCUT2D eigenvalue weighted by Crippen LogP contribution is 2.39. The van der Waals surface area contributed by atoms with Crippen molar-refractivity contribution in [1.29, 1.82) is 0 Å². The van der Waals surface area contributed by atoms with Gasteiger partial charge >= 0.3 is 5.97 Å². The summed E-state index contributed by atoms with van der Waals surface area (Å²) in [5, 5.41) is 15.9. The first-order chi connectivity index (χ1) is 17.3. The smallest absolute Gasteiger partial charge is 0.343 e. The summed E-state index contributed by atoms with van der Waals surface area (Å²) in [6, 6.07) is 9.61. The quantitative estimate of drug-likeness (QED) is 0.155. The fourth-order valence-electron chi connectivity index (χ4n) is 3.52. The van der Waals surface area contributed by atoms with E-state index < -0.39 is 50.2 Å². The first-order valence-electron chi connectivity index (χ1n) is 11.1. The molecule has 0 aromatic heterocycles. The molecule has 37 heavy (non-hydrogen) atoms. The Morgan fingerprint density at radius 1 is 1.22 bits per heavy atom. The Kier molecular flexibility index (Phi) is 7.83. The largest absolute Gasteiger partial charge is 0.465 e. The van der Waals surface area contributed by atoms with E-state index in [1.54, 1.807) is 19.1 Å². The number of fused-ring (bicyclic) bond motifs is 1. The van der Waals surface area contributed by atoms with Crippen LogP contribution in [0.1, 0.15) is 19.4 Å². The van der Waals surface area contributed by atoms with Gasteiger partial charge in [0, 0.05) is 13.1 Å². The topological polar surface area (TPSA) is 174 Å². The van der Waals surface area contributed by atoms with Crippen molar-refractivity contribution in [2.24, 2.45) is 0 Å². The van der Waals surface area contributed by atoms with Crippen LogP contribution in [-0.4, -0.2) is 62.4 Å². The van der Waals surface area contributed by atoms with E-state index in [1.807, 2.05) is 0 Å². The molecule has 2 atom stereocenters. The van der Waals surface area contributed by atoms with Crippen LogP contribution in [0.4, 0.5) is 11.4 Å². The number of rotatable bonds is 9. The van der Waals surface area contributed by atoms with Crippen LogP contribution in [-0.2, 0) is 29.0 Å². The molecule has 0 bridgehead atoms. The molecule has 1 aliphatic heterocycles. The highest BCUT2D eigenvalue weighted by atomic mass is 32.2. The Balaban J connectivity index is 1.85. The van der Waals surface area contributed by atoms with Gasteiger partial charge in [-0.3, -0.25) is 25.0 Å². The zero-order valence-electron chi connectivity index (χ0n) is 20.5. The molecule has 2 aromatic carbocycles. The van der Waals surface area contributed by atoms with E-state index in [1.165, 1.54) is 38.2 Å². The van der Waals surface area contributed by atoms with Crippen molar-refractivity contribution in [2.75, 3.05) is 24.4 Å². The van der Waals surface area contributed by atoms with E-state index in [0.717, 1.165) is 23.5 Å². The van der Waals surface area contributed by atoms with Gasteiger partial charge in [0.2, 0.25) is 0 Å². The number of carbonyl (C=O) groups excluding carboxylic acids is 3. The highest BCUT2D eigenvalue weighted by molar-refractivity contribution is 7.91. The maximum atomic E-state index is 13.2. The third-order valence-electron chi connectivity index (χ3n) is 5.63. The summed E-state index contributed by atoms with van der Waals surface area (Å²) in [7, 11) is -2.55. The standard InChI is InChI=1S/C23H26N4O9S/c1-5-35-20(28)19(24-13-37(33,34)16-9-6-14(2)7-10-16)25-21(29)23(3)22(30)26(4)17-11-8-15(27(31)32)12-18(17)36-23/h6-12,19,24H,5,13H2,1-4H3,(H,25,29)/t19-,23?/m1/s1. The number of amides is 2. The molecule has 0 fully saturated rings. The number of hydrogen-bond donors (Lipinski definition) is 2. The number of benzene rings is 2. The molecule has 1 heterocycles. The van der Waals surface area contributed by atoms with Crippen LogP contribution in [0.25, 0.3) is 0 Å². The molecule has 1 aliphatic rings. The van der Waals surface area contributed by atoms with Crippen molar-refractivity contribution in [1.82, 2.24) is 10.6 Å². The minimum atomic E-state index is -3.91. The zero-order chi connectivity index (χ0) is 27.5. The summed E-state index contributed by atoms with van der Waals surface area (Å²) in [6.45, 7) is 4.39. The highest BCUT2D eigenvalue weighted by Gasteiger charge is 2.51. The van der Waals surface area contributed by atoms with E-state index >= 15 is 0 Å². The molecule has 14 heteroatoms. The van der Waals surface area contributed by atoms with Crippen molar-refractivity contribution in [3.63, 3.8) is 0 Å². The summed E-state index contributed by atoms with van der Waals surface area (Å²) in [6.07, 6.45) is -1.65. The van der Waals surface area contributed by atoms with Gasteiger partial charge in [0.1, 0.15) is 5.88 Å². The second-order valence-corrected chi connectivity index (χ2v) is 10.3. The molecule has 0 radical (unpaired) electrons. The van der Waals surface area contributed by atoms with Crippen LogP contribution in [0.15, 0.2) is 47.4 Å². The predicted octanol–water partition coefficient (Wildman–Crippen LogP) is 1.04. The number of aryl methyl sites for hydroxylation is 1. The van der Waals surface area contributed by atoms with Crippen molar-refractivity contribution < 1.29 is 37.2 Å². The van der Waals surface area contributed by atoms with Gasteiger partial charge in [-0.25, -0.2) is 13.2 Å². The van der Waals surface area contributed by atoms with Gasteiger partial charge in [-0.1, -0.05) is 17.7 Å². The van der Waals surface area contributed by atoms with Gasteiger partial charge in [-0.05, 0) is 39.0 Å². The normalized spacial score (nSPS) is 17.8. The van der Waals surface area contributed by atoms with Crippen molar-refractivity contribution in [3.05, 3.63) is 58.1 Å². The van der Waals surface area contributed by atoms with E-state index in [4.69, 9.17) is 9.47 Å². The van der Waals surface area contributed by atoms with Crippen LogP contribution >= 0.6 is 0 Å². The molecule has 2 amide bonds. The number of esters is 1. The van der Waals surface area contributed by atoms with Crippen molar-refractivity contribution in [3.8, 4) is 5.75 Å². The van der Waals surface area contributed by atoms with Gasteiger partial charge in [-0.15, -0.1) is 0 Å². The maximum absolute atomic E-state index is 13.2. The van der Waals surface area contributed by atoms with Crippen LogP contribution in [0.5, 0.6) is 5.75 Å². The second-order valence-electron chi connectivity index (χ2n) is 8.34. The average molecular weight is 535 g/mol.